The molecule has 0 radical (unpaired) electrons. The number of carbonyl (C=O) groups is 1. The molecule has 1 amide bonds. The molecule has 1 aromatic heterocycles. The summed E-state index contributed by atoms with van der Waals surface area (Å²) in [5, 5.41) is 10.0. The van der Waals surface area contributed by atoms with E-state index < -0.39 is 5.82 Å². The minimum Gasteiger partial charge on any atom is -0.384 e. The van der Waals surface area contributed by atoms with E-state index in [0.717, 1.165) is 30.2 Å². The van der Waals surface area contributed by atoms with Gasteiger partial charge in [-0.2, -0.15) is 0 Å². The number of nitrogens with zero attached hydrogens (tertiary/aromatic N) is 3. The average Bonchev–Trinajstić information content (AvgIpc) is 3.17. The van der Waals surface area contributed by atoms with Crippen molar-refractivity contribution < 1.29 is 13.9 Å². The summed E-state index contributed by atoms with van der Waals surface area (Å²) in [7, 11) is 1.57. The van der Waals surface area contributed by atoms with Gasteiger partial charge in [0.1, 0.15) is 6.17 Å². The number of fused-ring (bicyclic) bond motifs is 1. The second-order valence-electron chi connectivity index (χ2n) is 7.41. The molecule has 4 rings (SSSR count). The Morgan fingerprint density at radius 3 is 3.10 bits per heavy atom. The van der Waals surface area contributed by atoms with Crippen LogP contribution in [-0.2, 0) is 9.53 Å². The highest BCUT2D eigenvalue weighted by Gasteiger charge is 2.29. The number of aromatic nitrogens is 2. The van der Waals surface area contributed by atoms with Crippen molar-refractivity contribution in [2.24, 2.45) is 0 Å². The van der Waals surface area contributed by atoms with E-state index in [9.17, 15) is 9.18 Å². The molecule has 1 unspecified atom stereocenters. The van der Waals surface area contributed by atoms with E-state index in [1.807, 2.05) is 6.08 Å². The fourth-order valence-corrected chi connectivity index (χ4v) is 3.98. The van der Waals surface area contributed by atoms with E-state index in [1.54, 1.807) is 24.4 Å². The van der Waals surface area contributed by atoms with Crippen molar-refractivity contribution in [3.63, 3.8) is 0 Å². The number of nitrogens with one attached hydrogen (secondary N) is 3. The van der Waals surface area contributed by atoms with Crippen molar-refractivity contribution in [1.29, 1.82) is 0 Å². The minimum absolute atomic E-state index is 0.0436. The molecule has 1 fully saturated rings. The van der Waals surface area contributed by atoms with Gasteiger partial charge in [0.15, 0.2) is 17.5 Å². The molecule has 10 heteroatoms. The Hall–Kier alpha value is -2.65. The minimum atomic E-state index is -0.529. The van der Waals surface area contributed by atoms with E-state index in [4.69, 9.17) is 16.3 Å². The predicted molar refractivity (Wildman–Crippen MR) is 112 cm³/mol. The summed E-state index contributed by atoms with van der Waals surface area (Å²) in [5.74, 6) is 0.0455. The van der Waals surface area contributed by atoms with Gasteiger partial charge >= 0.3 is 0 Å². The molecule has 2 atom stereocenters. The molecule has 0 spiro atoms. The third-order valence-corrected chi connectivity index (χ3v) is 5.54. The summed E-state index contributed by atoms with van der Waals surface area (Å²) in [6.45, 7) is 1.60. The first-order chi connectivity index (χ1) is 14.5. The topological polar surface area (TPSA) is 91.4 Å². The number of piperidine rings is 1. The smallest absolute Gasteiger partial charge is 0.224 e. The molecule has 8 nitrogen and oxygen atoms in total. The number of ether oxygens (including phenoxy) is 1. The Bertz CT molecular complexity index is 919. The molecule has 0 bridgehead atoms. The second-order valence-corrected chi connectivity index (χ2v) is 7.85. The van der Waals surface area contributed by atoms with Crippen LogP contribution in [0.3, 0.4) is 0 Å². The number of anilines is 1. The third kappa shape index (κ3) is 4.41. The molecule has 0 aromatic carbocycles. The second kappa shape index (κ2) is 9.01. The van der Waals surface area contributed by atoms with Gasteiger partial charge in [-0.05, 0) is 18.9 Å². The molecule has 3 N–H and O–H groups in total. The number of rotatable bonds is 6. The van der Waals surface area contributed by atoms with Gasteiger partial charge in [-0.25, -0.2) is 14.4 Å². The molecule has 30 heavy (non-hydrogen) atoms. The van der Waals surface area contributed by atoms with Crippen LogP contribution in [-0.4, -0.2) is 59.8 Å². The highest BCUT2D eigenvalue weighted by molar-refractivity contribution is 6.31. The summed E-state index contributed by atoms with van der Waals surface area (Å²) in [6, 6.07) is -0.0844. The highest BCUT2D eigenvalue weighted by Crippen LogP contribution is 2.31. The molecule has 4 heterocycles. The third-order valence-electron chi connectivity index (χ3n) is 5.32. The maximum absolute atomic E-state index is 14.5. The van der Waals surface area contributed by atoms with Crippen LogP contribution in [0.25, 0.3) is 5.57 Å². The van der Waals surface area contributed by atoms with Crippen molar-refractivity contribution in [3.8, 4) is 0 Å². The van der Waals surface area contributed by atoms with Crippen LogP contribution in [0.4, 0.5) is 10.2 Å². The van der Waals surface area contributed by atoms with E-state index in [2.05, 4.69) is 25.9 Å². The Labute approximate surface area is 179 Å². The Morgan fingerprint density at radius 2 is 2.27 bits per heavy atom. The molecular formula is C20H24ClFN6O2. The fourth-order valence-electron chi connectivity index (χ4n) is 3.80. The number of likely N-dealkylation sites (tertiary alicyclic amines) is 1. The first-order valence-corrected chi connectivity index (χ1v) is 10.3. The summed E-state index contributed by atoms with van der Waals surface area (Å²) in [4.78, 5) is 22.7. The lowest BCUT2D eigenvalue weighted by atomic mass is 10.0. The van der Waals surface area contributed by atoms with Crippen LogP contribution >= 0.6 is 11.6 Å². The zero-order valence-corrected chi connectivity index (χ0v) is 17.4. The molecule has 0 aliphatic carbocycles. The SMILES string of the molecule is COCCC(=O)N1CCC[C@H](Nc2nc(C3=CNC4NC=C(Cl)C=C34)ncc2F)C1. The molecule has 0 saturated carbocycles. The standard InChI is InChI=1S/C20H24ClFN6O2/c1-30-6-4-17(29)28-5-2-3-13(11-28)26-20-16(22)10-25-19(27-20)15-9-24-18-14(15)7-12(21)8-23-18/h7-10,13,18,23-24H,2-6,11H2,1H3,(H,25,26,27)/t13-,18?/m0/s1. The van der Waals surface area contributed by atoms with Gasteiger partial charge in [-0.3, -0.25) is 4.79 Å². The number of allylic oxidation sites excluding steroid dienone is 2. The molecular weight excluding hydrogens is 411 g/mol. The summed E-state index contributed by atoms with van der Waals surface area (Å²) in [6.07, 6.45) is 8.40. The Morgan fingerprint density at radius 1 is 1.43 bits per heavy atom. The molecule has 1 saturated heterocycles. The molecule has 1 aromatic rings. The maximum atomic E-state index is 14.5. The largest absolute Gasteiger partial charge is 0.384 e. The van der Waals surface area contributed by atoms with Crippen molar-refractivity contribution in [1.82, 2.24) is 25.5 Å². The number of hydrogen-bond acceptors (Lipinski definition) is 7. The number of carbonyl (C=O) groups excluding carboxylic acids is 1. The van der Waals surface area contributed by atoms with E-state index in [0.29, 0.717) is 37.0 Å². The van der Waals surface area contributed by atoms with Gasteiger partial charge in [-0.1, -0.05) is 11.6 Å². The van der Waals surface area contributed by atoms with Crippen molar-refractivity contribution in [2.45, 2.75) is 31.5 Å². The zero-order chi connectivity index (χ0) is 21.1. The van der Waals surface area contributed by atoms with Crippen molar-refractivity contribution >= 4 is 28.9 Å². The number of hydrogen-bond donors (Lipinski definition) is 3. The lowest BCUT2D eigenvalue weighted by molar-refractivity contribution is -0.133. The summed E-state index contributed by atoms with van der Waals surface area (Å²) < 4.78 is 19.4. The van der Waals surface area contributed by atoms with Gasteiger partial charge < -0.3 is 25.6 Å². The van der Waals surface area contributed by atoms with Gasteiger partial charge in [0.05, 0.1) is 24.3 Å². The predicted octanol–water partition coefficient (Wildman–Crippen LogP) is 1.94. The molecule has 3 aliphatic heterocycles. The van der Waals surface area contributed by atoms with Crippen LogP contribution in [0.5, 0.6) is 0 Å². The first-order valence-electron chi connectivity index (χ1n) is 9.91. The van der Waals surface area contributed by atoms with Crippen LogP contribution in [0, 0.1) is 5.82 Å². The fraction of sp³-hybridized carbons (Fsp3) is 0.450. The van der Waals surface area contributed by atoms with Crippen LogP contribution in [0.15, 0.2) is 35.3 Å². The highest BCUT2D eigenvalue weighted by atomic mass is 35.5. The normalized spacial score (nSPS) is 22.9. The average molecular weight is 435 g/mol. The van der Waals surface area contributed by atoms with E-state index in [1.165, 1.54) is 0 Å². The number of methoxy groups -OCH3 is 1. The van der Waals surface area contributed by atoms with Crippen LogP contribution < -0.4 is 16.0 Å². The molecule has 160 valence electrons. The van der Waals surface area contributed by atoms with Crippen molar-refractivity contribution in [2.75, 3.05) is 32.1 Å². The number of halogens is 2. The number of amides is 1. The summed E-state index contributed by atoms with van der Waals surface area (Å²) >= 11 is 6.11. The monoisotopic (exact) mass is 434 g/mol. The number of dihydropyridines is 1. The van der Waals surface area contributed by atoms with E-state index >= 15 is 0 Å². The lowest BCUT2D eigenvalue weighted by Crippen LogP contribution is -2.45. The quantitative estimate of drug-likeness (QED) is 0.630. The van der Waals surface area contributed by atoms with Crippen molar-refractivity contribution in [3.05, 3.63) is 46.9 Å². The maximum Gasteiger partial charge on any atom is 0.224 e. The zero-order valence-electron chi connectivity index (χ0n) is 16.6. The van der Waals surface area contributed by atoms with Gasteiger partial charge in [0, 0.05) is 49.8 Å². The Balaban J connectivity index is 1.48. The van der Waals surface area contributed by atoms with Crippen LogP contribution in [0.1, 0.15) is 25.1 Å². The lowest BCUT2D eigenvalue weighted by Gasteiger charge is -2.33. The first kappa shape index (κ1) is 20.6. The van der Waals surface area contributed by atoms with Gasteiger partial charge in [0.2, 0.25) is 5.91 Å². The van der Waals surface area contributed by atoms with Crippen LogP contribution in [0.2, 0.25) is 0 Å². The molecule has 3 aliphatic rings. The summed E-state index contributed by atoms with van der Waals surface area (Å²) in [5.41, 5.74) is 1.65. The Kier molecular flexibility index (Phi) is 6.19. The van der Waals surface area contributed by atoms with Gasteiger partial charge in [-0.15, -0.1) is 0 Å². The van der Waals surface area contributed by atoms with Gasteiger partial charge in [0.25, 0.3) is 0 Å². The van der Waals surface area contributed by atoms with E-state index in [-0.39, 0.29) is 23.9 Å².